The highest BCUT2D eigenvalue weighted by molar-refractivity contribution is 6.31. The maximum Gasteiger partial charge on any atom is 0.272 e. The first-order valence-corrected chi connectivity index (χ1v) is 9.83. The first-order chi connectivity index (χ1) is 14.1. The highest BCUT2D eigenvalue weighted by atomic mass is 35.5. The van der Waals surface area contributed by atoms with Crippen molar-refractivity contribution >= 4 is 39.8 Å². The molecule has 1 aromatic heterocycles. The fourth-order valence-corrected chi connectivity index (χ4v) is 3.77. The quantitative estimate of drug-likeness (QED) is 0.513. The van der Waals surface area contributed by atoms with Crippen LogP contribution in [0.5, 0.6) is 5.75 Å². The van der Waals surface area contributed by atoms with Crippen LogP contribution >= 0.6 is 11.6 Å². The summed E-state index contributed by atoms with van der Waals surface area (Å²) < 4.78 is 5.83. The number of amides is 1. The molecule has 0 radical (unpaired) electrons. The predicted molar refractivity (Wildman–Crippen MR) is 113 cm³/mol. The van der Waals surface area contributed by atoms with E-state index in [1.807, 2.05) is 17.0 Å². The lowest BCUT2D eigenvalue weighted by Crippen LogP contribution is -2.27. The number of nitrogens with zero attached hydrogens (tertiary/aromatic N) is 1. The second-order valence-electron chi connectivity index (χ2n) is 6.92. The molecule has 4 rings (SSSR count). The largest absolute Gasteiger partial charge is 0.491 e. The second kappa shape index (κ2) is 8.32. The number of β-amino-alcohol motifs (C(OH)–C–C–N with tert-alkyl or cyclic N) is 1. The number of halogens is 1. The van der Waals surface area contributed by atoms with Crippen LogP contribution in [-0.2, 0) is 6.61 Å². The lowest BCUT2D eigenvalue weighted by atomic mass is 10.1. The number of fused-ring (bicyclic) bond motifs is 2. The molecule has 0 bridgehead atoms. The van der Waals surface area contributed by atoms with Crippen molar-refractivity contribution in [2.45, 2.75) is 13.0 Å². The minimum absolute atomic E-state index is 0.00209. The summed E-state index contributed by atoms with van der Waals surface area (Å²) in [5, 5.41) is 23.6. The highest BCUT2D eigenvalue weighted by Gasteiger charge is 2.21. The number of aliphatic hydroxyl groups is 2. The Morgan fingerprint density at radius 3 is 2.90 bits per heavy atom. The van der Waals surface area contributed by atoms with Gasteiger partial charge < -0.3 is 30.2 Å². The molecule has 1 amide bonds. The van der Waals surface area contributed by atoms with Gasteiger partial charge in [0.2, 0.25) is 0 Å². The Balaban J connectivity index is 1.66. The summed E-state index contributed by atoms with van der Waals surface area (Å²) in [4.78, 5) is 17.9. The van der Waals surface area contributed by atoms with Crippen LogP contribution in [0, 0.1) is 0 Å². The molecule has 1 aliphatic rings. The summed E-state index contributed by atoms with van der Waals surface area (Å²) in [6.45, 7) is 1.48. The van der Waals surface area contributed by atoms with Gasteiger partial charge in [0.15, 0.2) is 0 Å². The fraction of sp³-hybridized carbons (Fsp3) is 0.286. The average molecular weight is 416 g/mol. The monoisotopic (exact) mass is 415 g/mol. The van der Waals surface area contributed by atoms with Gasteiger partial charge in [-0.1, -0.05) is 11.6 Å². The van der Waals surface area contributed by atoms with Crippen LogP contribution in [0.4, 0.5) is 11.4 Å². The van der Waals surface area contributed by atoms with E-state index in [0.717, 1.165) is 29.6 Å². The molecule has 0 atom stereocenters. The van der Waals surface area contributed by atoms with Crippen molar-refractivity contribution in [3.05, 3.63) is 52.7 Å². The number of benzene rings is 2. The van der Waals surface area contributed by atoms with Crippen molar-refractivity contribution in [3.63, 3.8) is 0 Å². The molecule has 2 heterocycles. The Hall–Kier alpha value is -2.74. The smallest absolute Gasteiger partial charge is 0.272 e. The number of aromatic nitrogens is 1. The molecule has 1 aliphatic heterocycles. The van der Waals surface area contributed by atoms with Gasteiger partial charge in [-0.25, -0.2) is 0 Å². The molecule has 0 unspecified atom stereocenters. The first kappa shape index (κ1) is 19.6. The maximum absolute atomic E-state index is 12.8. The van der Waals surface area contributed by atoms with E-state index >= 15 is 0 Å². The van der Waals surface area contributed by atoms with Gasteiger partial charge in [0.1, 0.15) is 11.4 Å². The second-order valence-corrected chi connectivity index (χ2v) is 7.36. The Bertz CT molecular complexity index is 1050. The summed E-state index contributed by atoms with van der Waals surface area (Å²) in [5.74, 6) is 0.293. The molecule has 0 saturated carbocycles. The van der Waals surface area contributed by atoms with Gasteiger partial charge in [0.25, 0.3) is 5.91 Å². The number of ether oxygens (including phenoxy) is 1. The minimum atomic E-state index is -0.301. The van der Waals surface area contributed by atoms with Crippen molar-refractivity contribution in [1.82, 2.24) is 4.98 Å². The number of hydrogen-bond donors (Lipinski definition) is 4. The van der Waals surface area contributed by atoms with Gasteiger partial charge >= 0.3 is 0 Å². The Morgan fingerprint density at radius 1 is 1.24 bits per heavy atom. The van der Waals surface area contributed by atoms with E-state index in [4.69, 9.17) is 16.3 Å². The number of carbonyl (C=O) groups is 1. The van der Waals surface area contributed by atoms with Crippen LogP contribution in [0.15, 0.2) is 36.4 Å². The van der Waals surface area contributed by atoms with Crippen molar-refractivity contribution in [2.75, 3.05) is 36.5 Å². The van der Waals surface area contributed by atoms with Crippen LogP contribution in [0.3, 0.4) is 0 Å². The van der Waals surface area contributed by atoms with Gasteiger partial charge in [0.05, 0.1) is 25.5 Å². The number of carbonyl (C=O) groups excluding carboxylic acids is 1. The van der Waals surface area contributed by atoms with E-state index in [1.54, 1.807) is 24.3 Å². The molecule has 3 aromatic rings. The van der Waals surface area contributed by atoms with E-state index < -0.39 is 0 Å². The summed E-state index contributed by atoms with van der Waals surface area (Å²) >= 11 is 6.02. The zero-order chi connectivity index (χ0) is 20.4. The number of hydrogen-bond acceptors (Lipinski definition) is 5. The first-order valence-electron chi connectivity index (χ1n) is 9.45. The molecule has 0 fully saturated rings. The zero-order valence-electron chi connectivity index (χ0n) is 15.7. The Kier molecular flexibility index (Phi) is 5.62. The van der Waals surface area contributed by atoms with E-state index in [1.165, 1.54) is 0 Å². The molecule has 152 valence electrons. The molecule has 29 heavy (non-hydrogen) atoms. The van der Waals surface area contributed by atoms with Crippen LogP contribution in [-0.4, -0.2) is 47.4 Å². The Morgan fingerprint density at radius 2 is 2.10 bits per heavy atom. The summed E-state index contributed by atoms with van der Waals surface area (Å²) in [7, 11) is 0. The summed E-state index contributed by atoms with van der Waals surface area (Å²) in [6, 6.07) is 10.6. The number of anilines is 2. The molecule has 0 spiro atoms. The third kappa shape index (κ3) is 4.03. The average Bonchev–Trinajstić information content (AvgIpc) is 3.03. The number of nitrogens with one attached hydrogen (secondary N) is 2. The standard InChI is InChI=1S/C21H22ClN3O4/c22-15-2-3-17-13(8-15)10-18(24-17)21(28)23-16-9-14(12-27)20-19(11-16)25(5-6-26)4-1-7-29-20/h2-3,8-11,24,26-27H,1,4-7,12H2,(H,23,28). The topological polar surface area (TPSA) is 97.8 Å². The zero-order valence-corrected chi connectivity index (χ0v) is 16.5. The van der Waals surface area contributed by atoms with Crippen LogP contribution in [0.2, 0.25) is 5.02 Å². The summed E-state index contributed by atoms with van der Waals surface area (Å²) in [5.41, 5.74) is 3.11. The number of aromatic amines is 1. The highest BCUT2D eigenvalue weighted by Crippen LogP contribution is 2.37. The van der Waals surface area contributed by atoms with Crippen molar-refractivity contribution in [1.29, 1.82) is 0 Å². The predicted octanol–water partition coefficient (Wildman–Crippen LogP) is 3.15. The van der Waals surface area contributed by atoms with Crippen molar-refractivity contribution in [2.24, 2.45) is 0 Å². The van der Waals surface area contributed by atoms with Crippen LogP contribution < -0.4 is 15.0 Å². The normalized spacial score (nSPS) is 13.7. The van der Waals surface area contributed by atoms with Gasteiger partial charge in [-0.05, 0) is 42.8 Å². The molecule has 8 heteroatoms. The maximum atomic E-state index is 12.8. The van der Waals surface area contributed by atoms with E-state index in [0.29, 0.717) is 40.9 Å². The van der Waals surface area contributed by atoms with Gasteiger partial charge in [-0.3, -0.25) is 4.79 Å². The van der Waals surface area contributed by atoms with Gasteiger partial charge in [-0.2, -0.15) is 0 Å². The summed E-state index contributed by atoms with van der Waals surface area (Å²) in [6.07, 6.45) is 0.804. The molecular weight excluding hydrogens is 394 g/mol. The third-order valence-electron chi connectivity index (χ3n) is 4.93. The number of aliphatic hydroxyl groups excluding tert-OH is 2. The van der Waals surface area contributed by atoms with Gasteiger partial charge in [0, 0.05) is 40.3 Å². The van der Waals surface area contributed by atoms with Crippen LogP contribution in [0.1, 0.15) is 22.5 Å². The third-order valence-corrected chi connectivity index (χ3v) is 5.17. The number of H-pyrrole nitrogens is 1. The van der Waals surface area contributed by atoms with E-state index in [9.17, 15) is 15.0 Å². The van der Waals surface area contributed by atoms with E-state index in [2.05, 4.69) is 10.3 Å². The molecule has 7 nitrogen and oxygen atoms in total. The van der Waals surface area contributed by atoms with Gasteiger partial charge in [-0.15, -0.1) is 0 Å². The number of rotatable bonds is 5. The minimum Gasteiger partial charge on any atom is -0.491 e. The molecule has 4 N–H and O–H groups in total. The van der Waals surface area contributed by atoms with Crippen molar-refractivity contribution in [3.8, 4) is 5.75 Å². The molecular formula is C21H22ClN3O4. The lowest BCUT2D eigenvalue weighted by Gasteiger charge is -2.24. The molecule has 0 saturated heterocycles. The SMILES string of the molecule is O=C(Nc1cc(CO)c2c(c1)N(CCO)CCCO2)c1cc2cc(Cl)ccc2[nH]1. The van der Waals surface area contributed by atoms with Crippen LogP contribution in [0.25, 0.3) is 10.9 Å². The van der Waals surface area contributed by atoms with Crippen molar-refractivity contribution < 1.29 is 19.7 Å². The molecule has 2 aromatic carbocycles. The van der Waals surface area contributed by atoms with E-state index in [-0.39, 0.29) is 19.1 Å². The molecule has 0 aliphatic carbocycles. The Labute approximate surface area is 172 Å². The lowest BCUT2D eigenvalue weighted by molar-refractivity contribution is 0.102. The fourth-order valence-electron chi connectivity index (χ4n) is 3.59.